The molecule has 0 unspecified atom stereocenters. The predicted molar refractivity (Wildman–Crippen MR) is 147 cm³/mol. The van der Waals surface area contributed by atoms with Crippen LogP contribution in [0.1, 0.15) is 37.8 Å². The van der Waals surface area contributed by atoms with Crippen molar-refractivity contribution in [3.8, 4) is 11.5 Å². The lowest BCUT2D eigenvalue weighted by molar-refractivity contribution is -0.148. The Labute approximate surface area is 221 Å². The highest BCUT2D eigenvalue weighted by atomic mass is 16.5. The number of hydrogen-bond donors (Lipinski definition) is 2. The first-order chi connectivity index (χ1) is 18.5. The molecular formula is C31H30N2O5. The van der Waals surface area contributed by atoms with Crippen molar-refractivity contribution in [3.05, 3.63) is 103 Å². The van der Waals surface area contributed by atoms with Crippen molar-refractivity contribution in [1.29, 1.82) is 0 Å². The van der Waals surface area contributed by atoms with Crippen LogP contribution in [-0.2, 0) is 19.1 Å². The Morgan fingerprint density at radius 2 is 1.47 bits per heavy atom. The van der Waals surface area contributed by atoms with Gasteiger partial charge in [0, 0.05) is 23.9 Å². The quantitative estimate of drug-likeness (QED) is 0.236. The van der Waals surface area contributed by atoms with E-state index in [0.717, 1.165) is 22.1 Å². The minimum atomic E-state index is -0.518. The highest BCUT2D eigenvalue weighted by molar-refractivity contribution is 5.91. The number of benzene rings is 4. The molecule has 4 aromatic carbocycles. The number of esters is 1. The van der Waals surface area contributed by atoms with E-state index < -0.39 is 5.97 Å². The van der Waals surface area contributed by atoms with E-state index in [0.29, 0.717) is 17.9 Å². The maximum Gasteiger partial charge on any atom is 0.306 e. The number of amides is 2. The van der Waals surface area contributed by atoms with Gasteiger partial charge in [-0.2, -0.15) is 0 Å². The first-order valence-electron chi connectivity index (χ1n) is 12.5. The van der Waals surface area contributed by atoms with Crippen LogP contribution in [0.2, 0.25) is 0 Å². The second kappa shape index (κ2) is 13.1. The normalized spacial score (nSPS) is 11.4. The van der Waals surface area contributed by atoms with Crippen molar-refractivity contribution < 1.29 is 23.9 Å². The molecule has 7 nitrogen and oxygen atoms in total. The average molecular weight is 511 g/mol. The molecule has 0 bridgehead atoms. The predicted octanol–water partition coefficient (Wildman–Crippen LogP) is 6.16. The average Bonchev–Trinajstić information content (AvgIpc) is 2.93. The van der Waals surface area contributed by atoms with Gasteiger partial charge in [-0.25, -0.2) is 0 Å². The van der Waals surface area contributed by atoms with E-state index in [1.54, 1.807) is 24.3 Å². The van der Waals surface area contributed by atoms with Gasteiger partial charge in [-0.05, 0) is 54.6 Å². The van der Waals surface area contributed by atoms with Gasteiger partial charge < -0.3 is 20.1 Å². The monoisotopic (exact) mass is 510 g/mol. The van der Waals surface area contributed by atoms with Gasteiger partial charge in [0.1, 0.15) is 11.5 Å². The van der Waals surface area contributed by atoms with Crippen LogP contribution < -0.4 is 15.4 Å². The summed E-state index contributed by atoms with van der Waals surface area (Å²) in [7, 11) is 0. The van der Waals surface area contributed by atoms with Gasteiger partial charge in [-0.15, -0.1) is 0 Å². The van der Waals surface area contributed by atoms with Gasteiger partial charge in [0.15, 0.2) is 6.61 Å². The molecule has 2 amide bonds. The van der Waals surface area contributed by atoms with Crippen LogP contribution in [0.3, 0.4) is 0 Å². The Balaban J connectivity index is 1.15. The number of rotatable bonds is 11. The van der Waals surface area contributed by atoms with E-state index >= 15 is 0 Å². The lowest BCUT2D eigenvalue weighted by Gasteiger charge is -2.14. The van der Waals surface area contributed by atoms with Crippen molar-refractivity contribution in [3.63, 3.8) is 0 Å². The molecule has 0 radical (unpaired) electrons. The minimum Gasteiger partial charge on any atom is -0.457 e. The highest BCUT2D eigenvalue weighted by Crippen LogP contribution is 2.30. The molecule has 0 aromatic heterocycles. The Morgan fingerprint density at radius 3 is 2.26 bits per heavy atom. The number of nitrogens with one attached hydrogen (secondary N) is 2. The van der Waals surface area contributed by atoms with Crippen LogP contribution >= 0.6 is 0 Å². The van der Waals surface area contributed by atoms with E-state index in [-0.39, 0.29) is 37.3 Å². The second-order valence-corrected chi connectivity index (χ2v) is 8.87. The van der Waals surface area contributed by atoms with Crippen molar-refractivity contribution in [2.45, 2.75) is 32.2 Å². The molecule has 0 spiro atoms. The highest BCUT2D eigenvalue weighted by Gasteiger charge is 2.12. The Kier molecular flexibility index (Phi) is 9.07. The number of anilines is 1. The van der Waals surface area contributed by atoms with Crippen LogP contribution in [-0.4, -0.2) is 24.4 Å². The molecule has 0 aliphatic carbocycles. The molecule has 38 heavy (non-hydrogen) atoms. The summed E-state index contributed by atoms with van der Waals surface area (Å²) in [4.78, 5) is 36.3. The fraction of sp³-hybridized carbons (Fsp3) is 0.194. The van der Waals surface area contributed by atoms with Gasteiger partial charge in [0.05, 0.1) is 6.04 Å². The summed E-state index contributed by atoms with van der Waals surface area (Å²) in [5.74, 6) is 0.310. The zero-order valence-electron chi connectivity index (χ0n) is 21.2. The summed E-state index contributed by atoms with van der Waals surface area (Å²) < 4.78 is 11.1. The molecular weight excluding hydrogens is 480 g/mol. The van der Waals surface area contributed by atoms with Crippen LogP contribution in [0.25, 0.3) is 10.8 Å². The molecule has 4 rings (SSSR count). The molecule has 0 aliphatic rings. The smallest absolute Gasteiger partial charge is 0.306 e. The summed E-state index contributed by atoms with van der Waals surface area (Å²) in [6.07, 6.45) is 0.516. The maximum absolute atomic E-state index is 12.3. The molecule has 1 atom stereocenters. The number of hydrogen-bond acceptors (Lipinski definition) is 5. The third-order valence-electron chi connectivity index (χ3n) is 5.94. The number of carbonyl (C=O) groups is 3. The van der Waals surface area contributed by atoms with E-state index in [2.05, 4.69) is 10.6 Å². The standard InChI is InChI=1S/C31H30N2O5/c1-22(23-9-3-2-4-10-23)32-30(35)21-37-31(36)16-8-15-29(34)33-25-17-19-26(20-18-25)38-28-14-7-12-24-11-5-6-13-27(24)28/h2-7,9-14,17-20,22H,8,15-16,21H2,1H3,(H,32,35)(H,33,34)/t22-/m0/s1. The number of ether oxygens (including phenoxy) is 2. The summed E-state index contributed by atoms with van der Waals surface area (Å²) in [5, 5.41) is 7.72. The van der Waals surface area contributed by atoms with Crippen molar-refractivity contribution in [2.24, 2.45) is 0 Å². The van der Waals surface area contributed by atoms with Crippen molar-refractivity contribution in [2.75, 3.05) is 11.9 Å². The van der Waals surface area contributed by atoms with Crippen LogP contribution in [0.5, 0.6) is 11.5 Å². The largest absolute Gasteiger partial charge is 0.457 e. The molecule has 0 fully saturated rings. The summed E-state index contributed by atoms with van der Waals surface area (Å²) in [6, 6.07) is 30.3. The fourth-order valence-electron chi connectivity index (χ4n) is 3.96. The first kappa shape index (κ1) is 26.4. The zero-order valence-corrected chi connectivity index (χ0v) is 21.2. The second-order valence-electron chi connectivity index (χ2n) is 8.87. The minimum absolute atomic E-state index is 0.0484. The van der Waals surface area contributed by atoms with Gasteiger partial charge in [0.25, 0.3) is 5.91 Å². The third-order valence-corrected chi connectivity index (χ3v) is 5.94. The molecule has 2 N–H and O–H groups in total. The fourth-order valence-corrected chi connectivity index (χ4v) is 3.96. The number of fused-ring (bicyclic) bond motifs is 1. The van der Waals surface area contributed by atoms with Crippen molar-refractivity contribution in [1.82, 2.24) is 5.32 Å². The molecule has 0 saturated carbocycles. The van der Waals surface area contributed by atoms with E-state index in [9.17, 15) is 14.4 Å². The Hall–Kier alpha value is -4.65. The summed E-state index contributed by atoms with van der Waals surface area (Å²) in [5.41, 5.74) is 1.59. The van der Waals surface area contributed by atoms with Gasteiger partial charge in [-0.1, -0.05) is 66.7 Å². The lowest BCUT2D eigenvalue weighted by Crippen LogP contribution is -2.31. The summed E-state index contributed by atoms with van der Waals surface area (Å²) >= 11 is 0. The topological polar surface area (TPSA) is 93.7 Å². The van der Waals surface area contributed by atoms with E-state index in [4.69, 9.17) is 9.47 Å². The maximum atomic E-state index is 12.3. The molecule has 194 valence electrons. The van der Waals surface area contributed by atoms with Crippen LogP contribution in [0.15, 0.2) is 97.1 Å². The van der Waals surface area contributed by atoms with Crippen LogP contribution in [0, 0.1) is 0 Å². The van der Waals surface area contributed by atoms with Crippen molar-refractivity contribution >= 4 is 34.2 Å². The first-order valence-corrected chi connectivity index (χ1v) is 12.5. The molecule has 4 aromatic rings. The van der Waals surface area contributed by atoms with Gasteiger partial charge in [-0.3, -0.25) is 14.4 Å². The molecule has 7 heteroatoms. The van der Waals surface area contributed by atoms with Gasteiger partial charge in [0.2, 0.25) is 5.91 Å². The van der Waals surface area contributed by atoms with E-state index in [1.807, 2.05) is 79.7 Å². The Bertz CT molecular complexity index is 1380. The lowest BCUT2D eigenvalue weighted by atomic mass is 10.1. The van der Waals surface area contributed by atoms with Crippen LogP contribution in [0.4, 0.5) is 5.69 Å². The molecule has 0 aliphatic heterocycles. The SMILES string of the molecule is C[C@H](NC(=O)COC(=O)CCCC(=O)Nc1ccc(Oc2cccc3ccccc23)cc1)c1ccccc1. The zero-order chi connectivity index (χ0) is 26.7. The third kappa shape index (κ3) is 7.67. The number of carbonyl (C=O) groups excluding carboxylic acids is 3. The van der Waals surface area contributed by atoms with E-state index in [1.165, 1.54) is 0 Å². The Morgan fingerprint density at radius 1 is 0.763 bits per heavy atom. The molecule has 0 heterocycles. The van der Waals surface area contributed by atoms with Gasteiger partial charge >= 0.3 is 5.97 Å². The summed E-state index contributed by atoms with van der Waals surface area (Å²) in [6.45, 7) is 1.51. The molecule has 0 saturated heterocycles.